The van der Waals surface area contributed by atoms with E-state index in [1.54, 1.807) is 0 Å². The predicted octanol–water partition coefficient (Wildman–Crippen LogP) is 23.2. The lowest BCUT2D eigenvalue weighted by Gasteiger charge is -2.18. The largest absolute Gasteiger partial charge is 0.462 e. The zero-order valence-corrected chi connectivity index (χ0v) is 52.1. The Morgan fingerprint density at radius 2 is 0.494 bits per heavy atom. The third-order valence-electron chi connectivity index (χ3n) is 14.6. The highest BCUT2D eigenvalue weighted by Crippen LogP contribution is 2.17. The summed E-state index contributed by atoms with van der Waals surface area (Å²) < 4.78 is 16.9. The van der Waals surface area contributed by atoms with E-state index < -0.39 is 6.10 Å². The van der Waals surface area contributed by atoms with E-state index in [1.165, 1.54) is 173 Å². The van der Waals surface area contributed by atoms with Gasteiger partial charge in [0, 0.05) is 19.3 Å². The fraction of sp³-hybridized carbons (Fsp3) is 0.740. The van der Waals surface area contributed by atoms with Gasteiger partial charge in [-0.2, -0.15) is 0 Å². The lowest BCUT2D eigenvalue weighted by Crippen LogP contribution is -2.30. The van der Waals surface area contributed by atoms with Gasteiger partial charge < -0.3 is 14.2 Å². The number of ether oxygens (including phenoxy) is 3. The highest BCUT2D eigenvalue weighted by atomic mass is 16.6. The molecule has 0 aliphatic rings. The van der Waals surface area contributed by atoms with Gasteiger partial charge in [-0.25, -0.2) is 0 Å². The van der Waals surface area contributed by atoms with E-state index in [4.69, 9.17) is 14.2 Å². The molecule has 0 aliphatic carbocycles. The van der Waals surface area contributed by atoms with E-state index in [1.807, 2.05) is 0 Å². The molecule has 1 atom stereocenters. The summed E-state index contributed by atoms with van der Waals surface area (Å²) in [5, 5.41) is 0. The molecule has 0 saturated carbocycles. The summed E-state index contributed by atoms with van der Waals surface area (Å²) in [6, 6.07) is 0. The van der Waals surface area contributed by atoms with E-state index in [0.29, 0.717) is 19.3 Å². The molecular formula is C73H126O6. The van der Waals surface area contributed by atoms with Crippen LogP contribution >= 0.6 is 0 Å². The molecule has 79 heavy (non-hydrogen) atoms. The van der Waals surface area contributed by atoms with Crippen molar-refractivity contribution in [1.29, 1.82) is 0 Å². The number of hydrogen-bond donors (Lipinski definition) is 0. The Bertz CT molecular complexity index is 1540. The molecule has 0 radical (unpaired) electrons. The molecule has 0 aromatic rings. The molecule has 0 aliphatic heterocycles. The number of carbonyl (C=O) groups is 3. The molecule has 6 nitrogen and oxygen atoms in total. The Morgan fingerprint density at radius 1 is 0.266 bits per heavy atom. The van der Waals surface area contributed by atoms with Gasteiger partial charge >= 0.3 is 17.9 Å². The summed E-state index contributed by atoms with van der Waals surface area (Å²) in [6.45, 7) is 6.54. The molecule has 0 amide bonds. The monoisotopic (exact) mass is 1100 g/mol. The zero-order valence-electron chi connectivity index (χ0n) is 52.1. The van der Waals surface area contributed by atoms with Crippen molar-refractivity contribution in [3.05, 3.63) is 97.2 Å². The average molecular weight is 1100 g/mol. The van der Waals surface area contributed by atoms with Crippen molar-refractivity contribution in [1.82, 2.24) is 0 Å². The Morgan fingerprint density at radius 3 is 0.785 bits per heavy atom. The second-order valence-electron chi connectivity index (χ2n) is 22.4. The van der Waals surface area contributed by atoms with Crippen LogP contribution in [0.2, 0.25) is 0 Å². The summed E-state index contributed by atoms with van der Waals surface area (Å²) in [7, 11) is 0. The van der Waals surface area contributed by atoms with Crippen molar-refractivity contribution in [3.63, 3.8) is 0 Å². The number of esters is 3. The van der Waals surface area contributed by atoms with Gasteiger partial charge in [0.1, 0.15) is 13.2 Å². The highest BCUT2D eigenvalue weighted by Gasteiger charge is 2.19. The number of allylic oxidation sites excluding steroid dienone is 16. The van der Waals surface area contributed by atoms with Gasteiger partial charge in [0.15, 0.2) is 6.10 Å². The first kappa shape index (κ1) is 75.3. The predicted molar refractivity (Wildman–Crippen MR) is 344 cm³/mol. The molecule has 0 fully saturated rings. The van der Waals surface area contributed by atoms with Crippen LogP contribution in [0.5, 0.6) is 0 Å². The standard InChI is InChI=1S/C73H126O6/c1-4-7-10-13-16-19-22-25-27-28-29-30-31-32-33-34-35-36-37-38-39-40-41-42-43-44-46-48-51-54-57-60-63-66-72(75)78-69-70(68-77-71(74)65-62-59-56-53-50-47-24-21-18-15-12-9-6-3)79-73(76)67-64-61-58-55-52-49-45-26-23-20-17-14-11-8-5-2/h7,10,16,19,25-27,29-30,32-33,35-36,38-39,45,70H,4-6,8-9,11-15,17-18,20-24,28,31,34,37,40-44,46-69H2,1-3H3/b10-7-,19-16-,27-25-,30-29-,33-32-,36-35-,39-38-,45-26-. The quantitative estimate of drug-likeness (QED) is 0.0261. The Kier molecular flexibility index (Phi) is 63.7. The number of unbranched alkanes of at least 4 members (excludes halogenated alkanes) is 34. The Labute approximate surface area is 489 Å². The topological polar surface area (TPSA) is 78.9 Å². The van der Waals surface area contributed by atoms with Crippen molar-refractivity contribution in [2.45, 2.75) is 335 Å². The van der Waals surface area contributed by atoms with Gasteiger partial charge in [-0.1, -0.05) is 304 Å². The van der Waals surface area contributed by atoms with Crippen LogP contribution in [0.25, 0.3) is 0 Å². The smallest absolute Gasteiger partial charge is 0.306 e. The zero-order chi connectivity index (χ0) is 57.1. The highest BCUT2D eigenvalue weighted by molar-refractivity contribution is 5.71. The van der Waals surface area contributed by atoms with E-state index >= 15 is 0 Å². The molecule has 1 unspecified atom stereocenters. The number of rotatable bonds is 61. The van der Waals surface area contributed by atoms with Gasteiger partial charge in [0.25, 0.3) is 0 Å². The normalized spacial score (nSPS) is 12.7. The number of carbonyl (C=O) groups excluding carboxylic acids is 3. The summed E-state index contributed by atoms with van der Waals surface area (Å²) in [6.07, 6.45) is 89.9. The van der Waals surface area contributed by atoms with E-state index in [9.17, 15) is 14.4 Å². The van der Waals surface area contributed by atoms with Crippen molar-refractivity contribution >= 4 is 17.9 Å². The Balaban J connectivity index is 4.21. The molecule has 0 heterocycles. The Hall–Kier alpha value is -3.67. The maximum atomic E-state index is 12.9. The summed E-state index contributed by atoms with van der Waals surface area (Å²) in [4.78, 5) is 38.3. The molecule has 0 saturated heterocycles. The minimum atomic E-state index is -0.781. The van der Waals surface area contributed by atoms with Gasteiger partial charge in [-0.05, 0) is 103 Å². The van der Waals surface area contributed by atoms with Crippen molar-refractivity contribution < 1.29 is 28.6 Å². The second-order valence-corrected chi connectivity index (χ2v) is 22.4. The molecule has 6 heteroatoms. The molecule has 0 N–H and O–H groups in total. The molecule has 0 aromatic heterocycles. The van der Waals surface area contributed by atoms with Crippen LogP contribution in [0.4, 0.5) is 0 Å². The molecule has 0 aromatic carbocycles. The minimum Gasteiger partial charge on any atom is -0.462 e. The maximum absolute atomic E-state index is 12.9. The minimum absolute atomic E-state index is 0.0771. The van der Waals surface area contributed by atoms with Crippen molar-refractivity contribution in [3.8, 4) is 0 Å². The van der Waals surface area contributed by atoms with Gasteiger partial charge in [-0.3, -0.25) is 14.4 Å². The first-order valence-electron chi connectivity index (χ1n) is 33.7. The van der Waals surface area contributed by atoms with Crippen LogP contribution in [0, 0.1) is 0 Å². The summed E-state index contributed by atoms with van der Waals surface area (Å²) >= 11 is 0. The fourth-order valence-electron chi connectivity index (χ4n) is 9.54. The second kappa shape index (κ2) is 66.8. The summed E-state index contributed by atoms with van der Waals surface area (Å²) in [5.74, 6) is -0.875. The lowest BCUT2D eigenvalue weighted by molar-refractivity contribution is -0.167. The van der Waals surface area contributed by atoms with Gasteiger partial charge in [0.05, 0.1) is 0 Å². The van der Waals surface area contributed by atoms with Crippen molar-refractivity contribution in [2.24, 2.45) is 0 Å². The molecule has 0 bridgehead atoms. The van der Waals surface area contributed by atoms with Crippen LogP contribution in [0.3, 0.4) is 0 Å². The fourth-order valence-corrected chi connectivity index (χ4v) is 9.54. The van der Waals surface area contributed by atoms with Gasteiger partial charge in [0.2, 0.25) is 0 Å². The molecular weight excluding hydrogens is 973 g/mol. The molecule has 0 rings (SSSR count). The van der Waals surface area contributed by atoms with Crippen LogP contribution in [0.1, 0.15) is 329 Å². The van der Waals surface area contributed by atoms with Crippen molar-refractivity contribution in [2.75, 3.05) is 13.2 Å². The van der Waals surface area contributed by atoms with Crippen LogP contribution < -0.4 is 0 Å². The third-order valence-corrected chi connectivity index (χ3v) is 14.6. The lowest BCUT2D eigenvalue weighted by atomic mass is 10.0. The first-order valence-corrected chi connectivity index (χ1v) is 33.7. The van der Waals surface area contributed by atoms with E-state index in [-0.39, 0.29) is 31.1 Å². The van der Waals surface area contributed by atoms with Crippen LogP contribution in [-0.4, -0.2) is 37.2 Å². The van der Waals surface area contributed by atoms with E-state index in [2.05, 4.69) is 118 Å². The van der Waals surface area contributed by atoms with E-state index in [0.717, 1.165) is 116 Å². The first-order chi connectivity index (χ1) is 39.0. The van der Waals surface area contributed by atoms with Crippen LogP contribution in [-0.2, 0) is 28.6 Å². The SMILES string of the molecule is CC/C=C\C/C=C\C/C=C\C/C=C\C/C=C\C/C=C\C/C=C\CCCCCCCCCCCCCC(=O)OCC(COC(=O)CCCCCCCCCCCCCCC)OC(=O)CCCCCCC/C=C\CCCCCCCC. The average Bonchev–Trinajstić information content (AvgIpc) is 3.45. The van der Waals surface area contributed by atoms with Gasteiger partial charge in [-0.15, -0.1) is 0 Å². The third kappa shape index (κ3) is 65.0. The molecule has 454 valence electrons. The molecule has 0 spiro atoms. The summed E-state index contributed by atoms with van der Waals surface area (Å²) in [5.41, 5.74) is 0. The maximum Gasteiger partial charge on any atom is 0.306 e. The van der Waals surface area contributed by atoms with Crippen LogP contribution in [0.15, 0.2) is 97.2 Å². The number of hydrogen-bond acceptors (Lipinski definition) is 6.